The Hall–Kier alpha value is -3.70. The molecule has 1 N–H and O–H groups in total. The summed E-state index contributed by atoms with van der Waals surface area (Å²) in [6, 6.07) is 15.0. The molecule has 0 aliphatic carbocycles. The van der Waals surface area contributed by atoms with Crippen LogP contribution in [0.1, 0.15) is 28.9 Å². The normalized spacial score (nSPS) is 10.4. The predicted octanol–water partition coefficient (Wildman–Crippen LogP) is 4.33. The molecule has 1 heterocycles. The van der Waals surface area contributed by atoms with E-state index in [1.54, 1.807) is 48.0 Å². The lowest BCUT2D eigenvalue weighted by Gasteiger charge is -2.19. The van der Waals surface area contributed by atoms with Crippen molar-refractivity contribution in [2.24, 2.45) is 0 Å². The van der Waals surface area contributed by atoms with E-state index in [-0.39, 0.29) is 29.8 Å². The zero-order valence-corrected chi connectivity index (χ0v) is 18.1. The number of imidazole rings is 1. The molecule has 1 aromatic heterocycles. The van der Waals surface area contributed by atoms with E-state index in [9.17, 15) is 14.0 Å². The zero-order chi connectivity index (χ0) is 23.1. The molecule has 0 aliphatic rings. The highest BCUT2D eigenvalue weighted by Gasteiger charge is 2.26. The standard InChI is InChI=1S/C23H21ClFN5O2/c1-29(12-3-2-11-26)23(32)20-21(27-15-31)28-22(17-5-4-6-18(24)13-17)30(20)14-16-7-9-19(25)10-8-16/h4-10,13,15H,2-3,12,14H2,1H3,(H,27,31). The lowest BCUT2D eigenvalue weighted by Crippen LogP contribution is -2.30. The summed E-state index contributed by atoms with van der Waals surface area (Å²) in [6.45, 7) is 0.573. The summed E-state index contributed by atoms with van der Waals surface area (Å²) in [6.07, 6.45) is 1.29. The molecule has 3 aromatic rings. The molecule has 32 heavy (non-hydrogen) atoms. The number of carbonyl (C=O) groups excluding carboxylic acids is 2. The summed E-state index contributed by atoms with van der Waals surface area (Å²) < 4.78 is 15.1. The molecule has 0 saturated carbocycles. The smallest absolute Gasteiger partial charge is 0.274 e. The first kappa shape index (κ1) is 23.0. The molecule has 7 nitrogen and oxygen atoms in total. The number of halogens is 2. The Kier molecular flexibility index (Phi) is 7.58. The number of nitrogens with one attached hydrogen (secondary N) is 1. The first-order valence-corrected chi connectivity index (χ1v) is 10.3. The van der Waals surface area contributed by atoms with Crippen LogP contribution in [0.3, 0.4) is 0 Å². The maximum absolute atomic E-state index is 13.4. The minimum Gasteiger partial charge on any atom is -0.340 e. The summed E-state index contributed by atoms with van der Waals surface area (Å²) >= 11 is 6.16. The fourth-order valence-corrected chi connectivity index (χ4v) is 3.47. The molecule has 0 fully saturated rings. The van der Waals surface area contributed by atoms with Gasteiger partial charge in [-0.15, -0.1) is 0 Å². The molecular weight excluding hydrogens is 433 g/mol. The van der Waals surface area contributed by atoms with E-state index in [0.717, 1.165) is 5.56 Å². The molecule has 9 heteroatoms. The van der Waals surface area contributed by atoms with Crippen LogP contribution in [0.4, 0.5) is 10.2 Å². The van der Waals surface area contributed by atoms with Crippen LogP contribution in [0, 0.1) is 17.1 Å². The van der Waals surface area contributed by atoms with Crippen molar-refractivity contribution < 1.29 is 14.0 Å². The van der Waals surface area contributed by atoms with Crippen molar-refractivity contribution in [1.82, 2.24) is 14.5 Å². The highest BCUT2D eigenvalue weighted by Crippen LogP contribution is 2.29. The minimum absolute atomic E-state index is 0.106. The summed E-state index contributed by atoms with van der Waals surface area (Å²) in [5, 5.41) is 11.8. The van der Waals surface area contributed by atoms with E-state index < -0.39 is 0 Å². The van der Waals surface area contributed by atoms with E-state index in [1.807, 2.05) is 0 Å². The SMILES string of the molecule is CN(CCCC#N)C(=O)c1c(NC=O)nc(-c2cccc(Cl)c2)n1Cc1ccc(F)cc1. The number of rotatable bonds is 9. The third-order valence-corrected chi connectivity index (χ3v) is 5.07. The quantitative estimate of drug-likeness (QED) is 0.385. The van der Waals surface area contributed by atoms with Crippen molar-refractivity contribution in [3.8, 4) is 17.5 Å². The summed E-state index contributed by atoms with van der Waals surface area (Å²) in [5.41, 5.74) is 1.57. The highest BCUT2D eigenvalue weighted by atomic mass is 35.5. The van der Waals surface area contributed by atoms with Crippen LogP contribution in [0.25, 0.3) is 11.4 Å². The number of unbranched alkanes of at least 4 members (excludes halogenated alkanes) is 1. The van der Waals surface area contributed by atoms with Crippen molar-refractivity contribution >= 4 is 29.7 Å². The molecular formula is C23H21ClFN5O2. The van der Waals surface area contributed by atoms with E-state index in [0.29, 0.717) is 42.2 Å². The first-order valence-electron chi connectivity index (χ1n) is 9.88. The first-order chi connectivity index (χ1) is 15.4. The Labute approximate surface area is 190 Å². The number of anilines is 1. The molecule has 0 bridgehead atoms. The number of benzene rings is 2. The van der Waals surface area contributed by atoms with Gasteiger partial charge in [0.2, 0.25) is 6.41 Å². The maximum Gasteiger partial charge on any atom is 0.274 e. The molecule has 0 saturated heterocycles. The predicted molar refractivity (Wildman–Crippen MR) is 120 cm³/mol. The minimum atomic E-state index is -0.369. The van der Waals surface area contributed by atoms with Crippen LogP contribution in [-0.2, 0) is 11.3 Å². The Balaban J connectivity index is 2.13. The molecule has 2 amide bonds. The average Bonchev–Trinajstić information content (AvgIpc) is 3.13. The number of nitrogens with zero attached hydrogens (tertiary/aromatic N) is 4. The molecule has 0 spiro atoms. The van der Waals surface area contributed by atoms with Crippen molar-refractivity contribution in [2.75, 3.05) is 18.9 Å². The number of hydrogen-bond donors (Lipinski definition) is 1. The molecule has 0 aliphatic heterocycles. The molecule has 0 atom stereocenters. The van der Waals surface area contributed by atoms with Gasteiger partial charge in [-0.1, -0.05) is 35.9 Å². The van der Waals surface area contributed by atoms with Crippen LogP contribution in [0.2, 0.25) is 5.02 Å². The van der Waals surface area contributed by atoms with Gasteiger partial charge in [-0.05, 0) is 36.2 Å². The van der Waals surface area contributed by atoms with E-state index in [2.05, 4.69) is 16.4 Å². The average molecular weight is 454 g/mol. The molecule has 0 radical (unpaired) electrons. The van der Waals surface area contributed by atoms with Gasteiger partial charge in [-0.3, -0.25) is 9.59 Å². The lowest BCUT2D eigenvalue weighted by molar-refractivity contribution is -0.105. The van der Waals surface area contributed by atoms with Crippen molar-refractivity contribution in [2.45, 2.75) is 19.4 Å². The Morgan fingerprint density at radius 3 is 2.72 bits per heavy atom. The Morgan fingerprint density at radius 2 is 2.06 bits per heavy atom. The van der Waals surface area contributed by atoms with Gasteiger partial charge in [0.1, 0.15) is 11.6 Å². The number of hydrogen-bond acceptors (Lipinski definition) is 4. The number of aromatic nitrogens is 2. The summed E-state index contributed by atoms with van der Waals surface area (Å²) in [7, 11) is 1.62. The summed E-state index contributed by atoms with van der Waals surface area (Å²) in [4.78, 5) is 30.6. The summed E-state index contributed by atoms with van der Waals surface area (Å²) in [5.74, 6) is -0.203. The second-order valence-corrected chi connectivity index (χ2v) is 7.54. The van der Waals surface area contributed by atoms with Gasteiger partial charge in [0.25, 0.3) is 5.91 Å². The monoisotopic (exact) mass is 453 g/mol. The van der Waals surface area contributed by atoms with Gasteiger partial charge >= 0.3 is 0 Å². The van der Waals surface area contributed by atoms with E-state index in [1.165, 1.54) is 17.0 Å². The third kappa shape index (κ3) is 5.31. The maximum atomic E-state index is 13.4. The number of amides is 2. The highest BCUT2D eigenvalue weighted by molar-refractivity contribution is 6.30. The lowest BCUT2D eigenvalue weighted by atomic mass is 10.2. The van der Waals surface area contributed by atoms with Gasteiger partial charge in [0.05, 0.1) is 6.07 Å². The second kappa shape index (κ2) is 10.6. The van der Waals surface area contributed by atoms with Crippen molar-refractivity contribution in [3.05, 3.63) is 70.6 Å². The molecule has 3 rings (SSSR count). The molecule has 0 unspecified atom stereocenters. The van der Waals surface area contributed by atoms with Crippen molar-refractivity contribution in [3.63, 3.8) is 0 Å². The van der Waals surface area contributed by atoms with E-state index in [4.69, 9.17) is 16.9 Å². The van der Waals surface area contributed by atoms with Crippen LogP contribution in [0.5, 0.6) is 0 Å². The van der Waals surface area contributed by atoms with Crippen molar-refractivity contribution in [1.29, 1.82) is 5.26 Å². The number of nitriles is 1. The number of carbonyl (C=O) groups is 2. The van der Waals surface area contributed by atoms with Crippen LogP contribution >= 0.6 is 11.6 Å². The topological polar surface area (TPSA) is 91.0 Å². The largest absolute Gasteiger partial charge is 0.340 e. The van der Waals surface area contributed by atoms with Crippen LogP contribution < -0.4 is 5.32 Å². The second-order valence-electron chi connectivity index (χ2n) is 7.11. The van der Waals surface area contributed by atoms with Gasteiger partial charge in [-0.2, -0.15) is 5.26 Å². The van der Waals surface area contributed by atoms with Gasteiger partial charge < -0.3 is 14.8 Å². The fraction of sp³-hybridized carbons (Fsp3) is 0.217. The van der Waals surface area contributed by atoms with Gasteiger partial charge in [-0.25, -0.2) is 9.37 Å². The Bertz CT molecular complexity index is 1150. The van der Waals surface area contributed by atoms with Crippen LogP contribution in [-0.4, -0.2) is 40.4 Å². The zero-order valence-electron chi connectivity index (χ0n) is 17.4. The molecule has 164 valence electrons. The van der Waals surface area contributed by atoms with Gasteiger partial charge in [0, 0.05) is 37.1 Å². The fourth-order valence-electron chi connectivity index (χ4n) is 3.28. The third-order valence-electron chi connectivity index (χ3n) is 4.83. The Morgan fingerprint density at radius 1 is 1.31 bits per heavy atom. The van der Waals surface area contributed by atoms with Crippen LogP contribution in [0.15, 0.2) is 48.5 Å². The van der Waals surface area contributed by atoms with Gasteiger partial charge in [0.15, 0.2) is 11.5 Å². The van der Waals surface area contributed by atoms with E-state index >= 15 is 0 Å². The molecule has 2 aromatic carbocycles.